The van der Waals surface area contributed by atoms with Gasteiger partial charge in [0.1, 0.15) is 0 Å². The number of carbonyl (C=O) groups is 2. The molecule has 0 spiro atoms. The molecule has 1 aliphatic heterocycles. The van der Waals surface area contributed by atoms with Gasteiger partial charge in [0, 0.05) is 21.9 Å². The fourth-order valence-electron chi connectivity index (χ4n) is 7.39. The number of amides is 2. The smallest absolute Gasteiger partial charge is 0.268 e. The van der Waals surface area contributed by atoms with Crippen LogP contribution in [0, 0.1) is 22.7 Å². The van der Waals surface area contributed by atoms with Crippen LogP contribution in [0.3, 0.4) is 0 Å². The number of hydrogen-bond donors (Lipinski definition) is 0. The van der Waals surface area contributed by atoms with Gasteiger partial charge in [-0.1, -0.05) is 109 Å². The standard InChI is InChI=1S/C46H26N4O2/c47-27-29-15-19-33(20-16-29)36-9-4-11-38-39-12-5-10-37(34-21-17-30(28-48)18-22-34)44(39)50(43(36)38)41-14-6-13-40-42(41)46(52)49(45(40)51)35-25-23-32(24-26-35)31-7-2-1-3-8-31/h1-26H. The molecule has 242 valence electrons. The number of fused-ring (bicyclic) bond motifs is 4. The molecule has 0 aliphatic carbocycles. The summed E-state index contributed by atoms with van der Waals surface area (Å²) in [6, 6.07) is 54.5. The Morgan fingerprint density at radius 3 is 1.44 bits per heavy atom. The van der Waals surface area contributed by atoms with Crippen LogP contribution in [0.4, 0.5) is 5.69 Å². The highest BCUT2D eigenvalue weighted by Crippen LogP contribution is 2.44. The minimum Gasteiger partial charge on any atom is -0.307 e. The summed E-state index contributed by atoms with van der Waals surface area (Å²) in [5.74, 6) is -0.778. The molecule has 2 heterocycles. The van der Waals surface area contributed by atoms with E-state index >= 15 is 0 Å². The summed E-state index contributed by atoms with van der Waals surface area (Å²) in [6.45, 7) is 0. The van der Waals surface area contributed by atoms with Crippen LogP contribution >= 0.6 is 0 Å². The van der Waals surface area contributed by atoms with Gasteiger partial charge >= 0.3 is 0 Å². The topological polar surface area (TPSA) is 89.9 Å². The van der Waals surface area contributed by atoms with Crippen molar-refractivity contribution in [1.82, 2.24) is 4.57 Å². The number of rotatable bonds is 5. The molecular formula is C46H26N4O2. The number of anilines is 1. The zero-order valence-electron chi connectivity index (χ0n) is 27.6. The molecule has 6 heteroatoms. The van der Waals surface area contributed by atoms with Gasteiger partial charge in [-0.2, -0.15) is 10.5 Å². The van der Waals surface area contributed by atoms with Crippen molar-refractivity contribution in [3.8, 4) is 51.2 Å². The number of hydrogen-bond acceptors (Lipinski definition) is 4. The fourth-order valence-corrected chi connectivity index (χ4v) is 7.39. The molecular weight excluding hydrogens is 641 g/mol. The summed E-state index contributed by atoms with van der Waals surface area (Å²) in [5.41, 5.74) is 10.2. The van der Waals surface area contributed by atoms with Crippen LogP contribution in [0.2, 0.25) is 0 Å². The first kappa shape index (κ1) is 30.5. The van der Waals surface area contributed by atoms with Crippen molar-refractivity contribution in [2.75, 3.05) is 4.90 Å². The van der Waals surface area contributed by atoms with Gasteiger partial charge in [0.2, 0.25) is 0 Å². The van der Waals surface area contributed by atoms with Crippen molar-refractivity contribution in [3.63, 3.8) is 0 Å². The number of carbonyl (C=O) groups excluding carboxylic acids is 2. The number of nitrogens with zero attached hydrogens (tertiary/aromatic N) is 4. The lowest BCUT2D eigenvalue weighted by molar-refractivity contribution is 0.0926. The van der Waals surface area contributed by atoms with Crippen molar-refractivity contribution >= 4 is 39.3 Å². The van der Waals surface area contributed by atoms with Crippen LogP contribution in [0.5, 0.6) is 0 Å². The van der Waals surface area contributed by atoms with Gasteiger partial charge in [0.05, 0.1) is 56.8 Å². The molecule has 8 aromatic rings. The van der Waals surface area contributed by atoms with Crippen molar-refractivity contribution in [3.05, 3.63) is 180 Å². The lowest BCUT2D eigenvalue weighted by Gasteiger charge is -2.17. The molecule has 2 amide bonds. The summed E-state index contributed by atoms with van der Waals surface area (Å²) in [7, 11) is 0. The van der Waals surface area contributed by atoms with E-state index in [-0.39, 0.29) is 5.91 Å². The Morgan fingerprint density at radius 2 is 0.904 bits per heavy atom. The van der Waals surface area contributed by atoms with E-state index in [9.17, 15) is 20.1 Å². The van der Waals surface area contributed by atoms with Crippen LogP contribution in [0.25, 0.3) is 60.9 Å². The maximum Gasteiger partial charge on any atom is 0.268 e. The van der Waals surface area contributed by atoms with E-state index in [0.717, 1.165) is 55.2 Å². The number of aromatic nitrogens is 1. The third kappa shape index (κ3) is 4.71. The summed E-state index contributed by atoms with van der Waals surface area (Å²) < 4.78 is 2.11. The first-order valence-electron chi connectivity index (χ1n) is 16.8. The van der Waals surface area contributed by atoms with Crippen LogP contribution < -0.4 is 4.90 Å². The molecule has 52 heavy (non-hydrogen) atoms. The maximum absolute atomic E-state index is 14.6. The summed E-state index contributed by atoms with van der Waals surface area (Å²) in [5, 5.41) is 20.9. The molecule has 6 nitrogen and oxygen atoms in total. The molecule has 7 aromatic carbocycles. The van der Waals surface area contributed by atoms with Crippen LogP contribution in [0.15, 0.2) is 158 Å². The summed E-state index contributed by atoms with van der Waals surface area (Å²) in [6.07, 6.45) is 0. The fraction of sp³-hybridized carbons (Fsp3) is 0. The summed E-state index contributed by atoms with van der Waals surface area (Å²) in [4.78, 5) is 30.0. The number of nitriles is 2. The van der Waals surface area contributed by atoms with Crippen molar-refractivity contribution in [2.24, 2.45) is 0 Å². The Balaban J connectivity index is 1.30. The first-order valence-corrected chi connectivity index (χ1v) is 16.8. The monoisotopic (exact) mass is 666 g/mol. The average molecular weight is 667 g/mol. The second-order valence-electron chi connectivity index (χ2n) is 12.7. The Morgan fingerprint density at radius 1 is 0.423 bits per heavy atom. The zero-order valence-corrected chi connectivity index (χ0v) is 27.6. The van der Waals surface area contributed by atoms with Gasteiger partial charge in [0.15, 0.2) is 0 Å². The molecule has 0 atom stereocenters. The summed E-state index contributed by atoms with van der Waals surface area (Å²) >= 11 is 0. The molecule has 0 saturated carbocycles. The second-order valence-corrected chi connectivity index (χ2v) is 12.7. The predicted octanol–water partition coefficient (Wildman–Crippen LogP) is 10.3. The van der Waals surface area contributed by atoms with Gasteiger partial charge in [-0.3, -0.25) is 9.59 Å². The van der Waals surface area contributed by atoms with Crippen LogP contribution in [-0.2, 0) is 0 Å². The third-order valence-electron chi connectivity index (χ3n) is 9.83. The van der Waals surface area contributed by atoms with Crippen molar-refractivity contribution in [2.45, 2.75) is 0 Å². The molecule has 1 aromatic heterocycles. The largest absolute Gasteiger partial charge is 0.307 e. The van der Waals surface area contributed by atoms with Crippen molar-refractivity contribution in [1.29, 1.82) is 10.5 Å². The van der Waals surface area contributed by atoms with E-state index in [1.54, 1.807) is 30.3 Å². The van der Waals surface area contributed by atoms with E-state index in [4.69, 9.17) is 0 Å². The predicted molar refractivity (Wildman–Crippen MR) is 204 cm³/mol. The van der Waals surface area contributed by atoms with Gasteiger partial charge in [-0.15, -0.1) is 0 Å². The van der Waals surface area contributed by atoms with Gasteiger partial charge in [0.25, 0.3) is 11.8 Å². The molecule has 1 aliphatic rings. The molecule has 0 radical (unpaired) electrons. The van der Waals surface area contributed by atoms with E-state index in [0.29, 0.717) is 33.6 Å². The Labute approximate surface area is 299 Å². The van der Waals surface area contributed by atoms with Gasteiger partial charge in [-0.25, -0.2) is 4.90 Å². The second kappa shape index (κ2) is 12.1. The highest BCUT2D eigenvalue weighted by molar-refractivity contribution is 6.36. The van der Waals surface area contributed by atoms with Crippen molar-refractivity contribution < 1.29 is 9.59 Å². The quantitative estimate of drug-likeness (QED) is 0.171. The Bertz CT molecular complexity index is 2710. The molecule has 0 bridgehead atoms. The first-order chi connectivity index (χ1) is 25.6. The SMILES string of the molecule is N#Cc1ccc(-c2cccc3c4cccc(-c5ccc(C#N)cc5)c4n(-c4cccc5c4C(=O)N(c4ccc(-c6ccccc6)cc4)C5=O)c23)cc1. The molecule has 0 fully saturated rings. The van der Waals surface area contributed by atoms with Crippen LogP contribution in [0.1, 0.15) is 31.8 Å². The Hall–Kier alpha value is -7.54. The van der Waals surface area contributed by atoms with E-state index in [2.05, 4.69) is 28.8 Å². The number of para-hydroxylation sites is 2. The molecule has 9 rings (SSSR count). The number of imide groups is 1. The third-order valence-corrected chi connectivity index (χ3v) is 9.83. The lowest BCUT2D eigenvalue weighted by Crippen LogP contribution is -2.29. The minimum atomic E-state index is -0.398. The molecule has 0 N–H and O–H groups in total. The maximum atomic E-state index is 14.6. The minimum absolute atomic E-state index is 0.322. The van der Waals surface area contributed by atoms with Crippen LogP contribution in [-0.4, -0.2) is 16.4 Å². The normalized spacial score (nSPS) is 12.2. The Kier molecular flexibility index (Phi) is 7.10. The van der Waals surface area contributed by atoms with E-state index in [1.165, 1.54) is 4.90 Å². The van der Waals surface area contributed by atoms with Gasteiger partial charge in [-0.05, 0) is 70.8 Å². The average Bonchev–Trinajstić information content (AvgIpc) is 3.69. The van der Waals surface area contributed by atoms with E-state index < -0.39 is 5.91 Å². The van der Waals surface area contributed by atoms with Gasteiger partial charge < -0.3 is 4.57 Å². The van der Waals surface area contributed by atoms with E-state index in [1.807, 2.05) is 115 Å². The molecule has 0 saturated heterocycles. The highest BCUT2D eigenvalue weighted by Gasteiger charge is 2.39. The number of benzene rings is 7. The molecule has 0 unspecified atom stereocenters. The highest BCUT2D eigenvalue weighted by atomic mass is 16.2. The zero-order chi connectivity index (χ0) is 35.3. The lowest BCUT2D eigenvalue weighted by atomic mass is 9.99.